The van der Waals surface area contributed by atoms with Gasteiger partial charge in [0.2, 0.25) is 0 Å². The van der Waals surface area contributed by atoms with Crippen LogP contribution in [0, 0.1) is 0 Å². The largest absolute Gasteiger partial charge is 0.264 e. The van der Waals surface area contributed by atoms with Gasteiger partial charge in [-0.25, -0.2) is 15.0 Å². The van der Waals surface area contributed by atoms with Crippen LogP contribution in [0.2, 0.25) is 0 Å². The summed E-state index contributed by atoms with van der Waals surface area (Å²) >= 11 is 1.79. The zero-order chi connectivity index (χ0) is 45.4. The lowest BCUT2D eigenvalue weighted by molar-refractivity contribution is 1.08. The van der Waals surface area contributed by atoms with Crippen molar-refractivity contribution in [2.75, 3.05) is 0 Å². The summed E-state index contributed by atoms with van der Waals surface area (Å²) in [6.45, 7) is 0. The van der Waals surface area contributed by atoms with Crippen LogP contribution in [0.1, 0.15) is 0 Å². The van der Waals surface area contributed by atoms with Gasteiger partial charge in [-0.1, -0.05) is 133 Å². The smallest absolute Gasteiger partial charge is 0.165 e. The molecule has 9 aromatic carbocycles. The van der Waals surface area contributed by atoms with Gasteiger partial charge < -0.3 is 0 Å². The molecular formula is C62H36N6S. The van der Waals surface area contributed by atoms with Crippen molar-refractivity contribution < 1.29 is 0 Å². The molecule has 0 saturated heterocycles. The highest BCUT2D eigenvalue weighted by Gasteiger charge is 2.21. The average Bonchev–Trinajstić information content (AvgIpc) is 3.81. The molecule has 0 radical (unpaired) electrons. The summed E-state index contributed by atoms with van der Waals surface area (Å²) in [5.41, 5.74) is 11.0. The number of nitrogens with zero attached hydrogens (tertiary/aromatic N) is 6. The van der Waals surface area contributed by atoms with Gasteiger partial charge >= 0.3 is 0 Å². The van der Waals surface area contributed by atoms with Crippen LogP contribution >= 0.6 is 11.3 Å². The number of rotatable bonds is 6. The Morgan fingerprint density at radius 2 is 0.884 bits per heavy atom. The third kappa shape index (κ3) is 6.54. The second-order valence-electron chi connectivity index (χ2n) is 17.5. The van der Waals surface area contributed by atoms with Gasteiger partial charge in [0.15, 0.2) is 17.5 Å². The maximum Gasteiger partial charge on any atom is 0.165 e. The lowest BCUT2D eigenvalue weighted by Crippen LogP contribution is -2.01. The fourth-order valence-corrected chi connectivity index (χ4v) is 11.5. The number of benzene rings is 9. The maximum atomic E-state index is 5.52. The highest BCUT2D eigenvalue weighted by Crippen LogP contribution is 2.45. The molecule has 0 N–H and O–H groups in total. The molecule has 0 amide bonds. The van der Waals surface area contributed by atoms with E-state index in [0.717, 1.165) is 98.1 Å². The molecule has 5 aromatic heterocycles. The summed E-state index contributed by atoms with van der Waals surface area (Å²) in [5, 5.41) is 11.5. The molecule has 6 nitrogen and oxygen atoms in total. The van der Waals surface area contributed by atoms with Gasteiger partial charge in [0.1, 0.15) is 0 Å². The minimum atomic E-state index is 0.573. The molecule has 0 spiro atoms. The number of hydrogen-bond donors (Lipinski definition) is 0. The molecule has 69 heavy (non-hydrogen) atoms. The van der Waals surface area contributed by atoms with E-state index in [1.54, 1.807) is 17.5 Å². The van der Waals surface area contributed by atoms with Crippen LogP contribution in [0.5, 0.6) is 0 Å². The predicted octanol–water partition coefficient (Wildman–Crippen LogP) is 16.2. The van der Waals surface area contributed by atoms with Crippen molar-refractivity contribution >= 4 is 85.6 Å². The summed E-state index contributed by atoms with van der Waals surface area (Å²) < 4.78 is 2.36. The van der Waals surface area contributed by atoms with E-state index in [-0.39, 0.29) is 0 Å². The minimum Gasteiger partial charge on any atom is -0.264 e. The number of hydrogen-bond acceptors (Lipinski definition) is 7. The molecule has 0 fully saturated rings. The molecule has 0 bridgehead atoms. The first-order valence-corrected chi connectivity index (χ1v) is 23.8. The molecular weight excluding hydrogens is 861 g/mol. The zero-order valence-corrected chi connectivity index (χ0v) is 37.7. The highest BCUT2D eigenvalue weighted by atomic mass is 32.1. The molecule has 0 aliphatic heterocycles. The molecule has 0 atom stereocenters. The minimum absolute atomic E-state index is 0.573. The van der Waals surface area contributed by atoms with Crippen molar-refractivity contribution in [3.8, 4) is 67.5 Å². The van der Waals surface area contributed by atoms with E-state index < -0.39 is 0 Å². The SMILES string of the molecule is c1cncc(-c2ccc(-c3nc(-c4cc(-c5c6ccccc6cc6ncccc56)cc(-c5c6ccccc6cc6ncccc56)c4)nc(-c4cccc5c4sc4ccc6ccccc6c45)n3)cc2)c1. The Morgan fingerprint density at radius 3 is 1.55 bits per heavy atom. The van der Waals surface area contributed by atoms with E-state index in [0.29, 0.717) is 17.5 Å². The molecule has 14 rings (SSSR count). The van der Waals surface area contributed by atoms with Crippen LogP contribution in [-0.4, -0.2) is 29.9 Å². The lowest BCUT2D eigenvalue weighted by Gasteiger charge is -2.17. The van der Waals surface area contributed by atoms with E-state index in [4.69, 9.17) is 24.9 Å². The van der Waals surface area contributed by atoms with Crippen LogP contribution < -0.4 is 0 Å². The number of thiophene rings is 1. The van der Waals surface area contributed by atoms with Crippen molar-refractivity contribution in [2.24, 2.45) is 0 Å². The lowest BCUT2D eigenvalue weighted by atomic mass is 9.88. The number of fused-ring (bicyclic) bond motifs is 9. The van der Waals surface area contributed by atoms with Gasteiger partial charge in [-0.3, -0.25) is 15.0 Å². The standard InChI is InChI=1S/C62H36N6S/c1-4-15-46-38(11-1)26-27-55-58(46)51-18-7-19-52(59(51)69-55)62-67-60(39-24-22-37(23-25-39)42-14-8-28-63-36-42)66-61(68-62)45-32-43(56-47-16-5-2-12-40(47)34-53-49(56)20-9-29-64-53)31-44(33-45)57-48-17-6-3-13-41(48)35-54-50(57)21-10-30-65-54/h1-36H. The Kier molecular flexibility index (Phi) is 8.97. The monoisotopic (exact) mass is 896 g/mol. The van der Waals surface area contributed by atoms with E-state index in [9.17, 15) is 0 Å². The fraction of sp³-hybridized carbons (Fsp3) is 0. The third-order valence-corrected chi connectivity index (χ3v) is 14.6. The summed E-state index contributed by atoms with van der Waals surface area (Å²) in [6, 6.07) is 68.9. The summed E-state index contributed by atoms with van der Waals surface area (Å²) in [5.74, 6) is 1.77. The van der Waals surface area contributed by atoms with Crippen LogP contribution in [0.25, 0.3) is 142 Å². The maximum absolute atomic E-state index is 5.52. The molecule has 320 valence electrons. The Bertz CT molecular complexity index is 4130. The van der Waals surface area contributed by atoms with E-state index in [1.165, 1.54) is 26.2 Å². The first kappa shape index (κ1) is 39.2. The van der Waals surface area contributed by atoms with Gasteiger partial charge in [-0.2, -0.15) is 0 Å². The van der Waals surface area contributed by atoms with Gasteiger partial charge in [0.25, 0.3) is 0 Å². The molecule has 0 unspecified atom stereocenters. The predicted molar refractivity (Wildman–Crippen MR) is 286 cm³/mol. The normalized spacial score (nSPS) is 11.8. The van der Waals surface area contributed by atoms with Gasteiger partial charge in [-0.05, 0) is 126 Å². The quantitative estimate of drug-likeness (QED) is 0.155. The van der Waals surface area contributed by atoms with Gasteiger partial charge in [0, 0.05) is 72.4 Å². The Hall–Kier alpha value is -9.04. The van der Waals surface area contributed by atoms with Crippen LogP contribution in [0.3, 0.4) is 0 Å². The van der Waals surface area contributed by atoms with E-state index >= 15 is 0 Å². The second-order valence-corrected chi connectivity index (χ2v) is 18.5. The van der Waals surface area contributed by atoms with E-state index in [1.807, 2.05) is 36.8 Å². The van der Waals surface area contributed by atoms with Crippen molar-refractivity contribution in [3.05, 3.63) is 219 Å². The van der Waals surface area contributed by atoms with Crippen LogP contribution in [-0.2, 0) is 0 Å². The Morgan fingerprint density at radius 1 is 0.333 bits per heavy atom. The van der Waals surface area contributed by atoms with Crippen molar-refractivity contribution in [2.45, 2.75) is 0 Å². The third-order valence-electron chi connectivity index (χ3n) is 13.4. The van der Waals surface area contributed by atoms with Crippen molar-refractivity contribution in [3.63, 3.8) is 0 Å². The van der Waals surface area contributed by atoms with Crippen molar-refractivity contribution in [1.82, 2.24) is 29.9 Å². The zero-order valence-electron chi connectivity index (χ0n) is 36.9. The Balaban J connectivity index is 1.07. The van der Waals surface area contributed by atoms with Crippen LogP contribution in [0.15, 0.2) is 219 Å². The van der Waals surface area contributed by atoms with Gasteiger partial charge in [-0.15, -0.1) is 11.3 Å². The first-order chi connectivity index (χ1) is 34.2. The van der Waals surface area contributed by atoms with Crippen LogP contribution in [0.4, 0.5) is 0 Å². The molecule has 0 aliphatic carbocycles. The van der Waals surface area contributed by atoms with Gasteiger partial charge in [0.05, 0.1) is 11.0 Å². The summed E-state index contributed by atoms with van der Waals surface area (Å²) in [6.07, 6.45) is 7.42. The topological polar surface area (TPSA) is 77.3 Å². The molecule has 0 saturated carbocycles. The molecule has 7 heteroatoms. The summed E-state index contributed by atoms with van der Waals surface area (Å²) in [7, 11) is 0. The molecule has 5 heterocycles. The van der Waals surface area contributed by atoms with Crippen molar-refractivity contribution in [1.29, 1.82) is 0 Å². The van der Waals surface area contributed by atoms with E-state index in [2.05, 4.69) is 181 Å². The summed E-state index contributed by atoms with van der Waals surface area (Å²) in [4.78, 5) is 30.5. The molecule has 0 aliphatic rings. The number of aromatic nitrogens is 6. The Labute approximate surface area is 400 Å². The fourth-order valence-electron chi connectivity index (χ4n) is 10.3. The number of pyridine rings is 3. The average molecular weight is 897 g/mol. The molecule has 14 aromatic rings. The highest BCUT2D eigenvalue weighted by molar-refractivity contribution is 7.26. The first-order valence-electron chi connectivity index (χ1n) is 23.0. The second kappa shape index (κ2) is 15.8.